The molecule has 1 heterocycles. The first-order valence-corrected chi connectivity index (χ1v) is 6.23. The zero-order chi connectivity index (χ0) is 13.7. The summed E-state index contributed by atoms with van der Waals surface area (Å²) in [6.07, 6.45) is 1.37. The summed E-state index contributed by atoms with van der Waals surface area (Å²) in [6, 6.07) is 9.26. The second-order valence-electron chi connectivity index (χ2n) is 3.67. The molecule has 0 spiro atoms. The van der Waals surface area contributed by atoms with Crippen molar-refractivity contribution < 1.29 is 9.90 Å². The van der Waals surface area contributed by atoms with E-state index >= 15 is 0 Å². The van der Waals surface area contributed by atoms with E-state index < -0.39 is 5.97 Å². The summed E-state index contributed by atoms with van der Waals surface area (Å²) in [5, 5.41) is 14.4. The van der Waals surface area contributed by atoms with Gasteiger partial charge >= 0.3 is 5.97 Å². The maximum Gasteiger partial charge on any atom is 0.322 e. The van der Waals surface area contributed by atoms with Crippen molar-refractivity contribution in [3.8, 4) is 0 Å². The molecular weight excluding hydrogens is 312 g/mol. The molecule has 19 heavy (non-hydrogen) atoms. The van der Waals surface area contributed by atoms with E-state index in [4.69, 9.17) is 5.11 Å². The molecule has 1 aromatic carbocycles. The number of anilines is 3. The zero-order valence-corrected chi connectivity index (χ0v) is 11.4. The summed E-state index contributed by atoms with van der Waals surface area (Å²) < 4.78 is 0.990. The van der Waals surface area contributed by atoms with Gasteiger partial charge in [0, 0.05) is 16.2 Å². The Hall–Kier alpha value is -2.15. The molecule has 0 aliphatic heterocycles. The number of nitrogens with zero attached hydrogens (tertiary/aromatic N) is 2. The third kappa shape index (κ3) is 4.22. The highest BCUT2D eigenvalue weighted by Crippen LogP contribution is 2.18. The fourth-order valence-corrected chi connectivity index (χ4v) is 1.63. The van der Waals surface area contributed by atoms with Crippen LogP contribution < -0.4 is 10.6 Å². The third-order valence-corrected chi connectivity index (χ3v) is 2.73. The molecule has 0 fully saturated rings. The predicted molar refractivity (Wildman–Crippen MR) is 75.6 cm³/mol. The summed E-state index contributed by atoms with van der Waals surface area (Å²) in [7, 11) is 0. The number of carbonyl (C=O) groups is 1. The minimum atomic E-state index is -0.943. The molecular formula is C12H11BrN4O2. The second-order valence-corrected chi connectivity index (χ2v) is 4.58. The van der Waals surface area contributed by atoms with Crippen LogP contribution in [0.2, 0.25) is 0 Å². The number of hydrogen-bond donors (Lipinski definition) is 3. The lowest BCUT2D eigenvalue weighted by atomic mass is 10.3. The number of nitrogens with one attached hydrogen (secondary N) is 2. The highest BCUT2D eigenvalue weighted by molar-refractivity contribution is 9.10. The number of carboxylic acid groups (broad SMARTS) is 1. The monoisotopic (exact) mass is 322 g/mol. The number of aliphatic carboxylic acids is 1. The van der Waals surface area contributed by atoms with Crippen molar-refractivity contribution >= 4 is 39.2 Å². The van der Waals surface area contributed by atoms with E-state index in [9.17, 15) is 4.79 Å². The summed E-state index contributed by atoms with van der Waals surface area (Å²) in [5.41, 5.74) is 0.881. The molecule has 2 rings (SSSR count). The topological polar surface area (TPSA) is 87.1 Å². The Morgan fingerprint density at radius 2 is 1.89 bits per heavy atom. The number of hydrogen-bond acceptors (Lipinski definition) is 5. The Morgan fingerprint density at radius 1 is 1.21 bits per heavy atom. The first-order valence-electron chi connectivity index (χ1n) is 5.44. The normalized spacial score (nSPS) is 9.95. The Labute approximate surface area is 118 Å². The van der Waals surface area contributed by atoms with Gasteiger partial charge in [0.25, 0.3) is 0 Å². The van der Waals surface area contributed by atoms with Gasteiger partial charge in [0.1, 0.15) is 24.5 Å². The Bertz CT molecular complexity index is 574. The van der Waals surface area contributed by atoms with Crippen LogP contribution in [0.1, 0.15) is 0 Å². The number of halogens is 1. The molecule has 0 radical (unpaired) electrons. The molecule has 0 bridgehead atoms. The lowest BCUT2D eigenvalue weighted by molar-refractivity contribution is -0.134. The van der Waals surface area contributed by atoms with Gasteiger partial charge in [-0.1, -0.05) is 15.9 Å². The van der Waals surface area contributed by atoms with E-state index in [0.717, 1.165) is 10.2 Å². The van der Waals surface area contributed by atoms with Crippen LogP contribution in [-0.4, -0.2) is 27.6 Å². The van der Waals surface area contributed by atoms with Crippen LogP contribution in [0, 0.1) is 0 Å². The molecule has 6 nitrogen and oxygen atoms in total. The fraction of sp³-hybridized carbons (Fsp3) is 0.0833. The Morgan fingerprint density at radius 3 is 2.58 bits per heavy atom. The van der Waals surface area contributed by atoms with Crippen LogP contribution in [0.4, 0.5) is 17.3 Å². The van der Waals surface area contributed by atoms with Gasteiger partial charge in [-0.15, -0.1) is 0 Å². The van der Waals surface area contributed by atoms with E-state index in [1.54, 1.807) is 6.07 Å². The average Bonchev–Trinajstić information content (AvgIpc) is 2.40. The number of carboxylic acids is 1. The van der Waals surface area contributed by atoms with Crippen LogP contribution in [0.15, 0.2) is 41.1 Å². The van der Waals surface area contributed by atoms with Gasteiger partial charge in [-0.2, -0.15) is 0 Å². The van der Waals surface area contributed by atoms with Gasteiger partial charge in [-0.3, -0.25) is 4.79 Å². The van der Waals surface area contributed by atoms with Crippen molar-refractivity contribution in [1.82, 2.24) is 9.97 Å². The van der Waals surface area contributed by atoms with Gasteiger partial charge < -0.3 is 15.7 Å². The number of rotatable bonds is 5. The van der Waals surface area contributed by atoms with Gasteiger partial charge in [0.05, 0.1) is 0 Å². The third-order valence-electron chi connectivity index (χ3n) is 2.20. The van der Waals surface area contributed by atoms with Crippen molar-refractivity contribution in [1.29, 1.82) is 0 Å². The summed E-state index contributed by atoms with van der Waals surface area (Å²) in [4.78, 5) is 18.5. The maximum absolute atomic E-state index is 10.5. The lowest BCUT2D eigenvalue weighted by Gasteiger charge is -2.07. The maximum atomic E-state index is 10.5. The molecule has 3 N–H and O–H groups in total. The fourth-order valence-electron chi connectivity index (χ4n) is 1.37. The first kappa shape index (κ1) is 13.3. The molecule has 0 aliphatic carbocycles. The van der Waals surface area contributed by atoms with Crippen LogP contribution in [0.3, 0.4) is 0 Å². The van der Waals surface area contributed by atoms with E-state index in [1.807, 2.05) is 24.3 Å². The smallest absolute Gasteiger partial charge is 0.322 e. The standard InChI is InChI=1S/C12H11BrN4O2/c13-8-1-3-9(4-2-8)17-11-5-10(15-7-16-11)14-6-12(18)19/h1-5,7H,6H2,(H,18,19)(H2,14,15,16,17). The van der Waals surface area contributed by atoms with Gasteiger partial charge in [0.15, 0.2) is 0 Å². The van der Waals surface area contributed by atoms with Crippen LogP contribution in [0.25, 0.3) is 0 Å². The summed E-state index contributed by atoms with van der Waals surface area (Å²) in [5.74, 6) is 0.100. The highest BCUT2D eigenvalue weighted by Gasteiger charge is 2.01. The van der Waals surface area contributed by atoms with Gasteiger partial charge in [0.2, 0.25) is 0 Å². The number of benzene rings is 1. The van der Waals surface area contributed by atoms with Crippen LogP contribution in [-0.2, 0) is 4.79 Å². The molecule has 2 aromatic rings. The number of aromatic nitrogens is 2. The molecule has 0 atom stereocenters. The van der Waals surface area contributed by atoms with Crippen LogP contribution >= 0.6 is 15.9 Å². The zero-order valence-electron chi connectivity index (χ0n) is 9.80. The molecule has 98 valence electrons. The molecule has 0 amide bonds. The van der Waals surface area contributed by atoms with Crippen molar-refractivity contribution in [3.05, 3.63) is 41.1 Å². The minimum absolute atomic E-state index is 0.186. The Kier molecular flexibility index (Phi) is 4.30. The van der Waals surface area contributed by atoms with E-state index in [1.165, 1.54) is 6.33 Å². The van der Waals surface area contributed by atoms with E-state index in [-0.39, 0.29) is 6.54 Å². The van der Waals surface area contributed by atoms with Crippen molar-refractivity contribution in [2.45, 2.75) is 0 Å². The largest absolute Gasteiger partial charge is 0.480 e. The van der Waals surface area contributed by atoms with Gasteiger partial charge in [-0.05, 0) is 24.3 Å². The lowest BCUT2D eigenvalue weighted by Crippen LogP contribution is -2.13. The van der Waals surface area contributed by atoms with Crippen LogP contribution in [0.5, 0.6) is 0 Å². The summed E-state index contributed by atoms with van der Waals surface area (Å²) >= 11 is 3.36. The van der Waals surface area contributed by atoms with Crippen molar-refractivity contribution in [3.63, 3.8) is 0 Å². The quantitative estimate of drug-likeness (QED) is 0.784. The average molecular weight is 323 g/mol. The summed E-state index contributed by atoms with van der Waals surface area (Å²) in [6.45, 7) is -0.186. The van der Waals surface area contributed by atoms with E-state index in [0.29, 0.717) is 11.6 Å². The molecule has 0 aliphatic rings. The Balaban J connectivity index is 2.06. The molecule has 7 heteroatoms. The first-order chi connectivity index (χ1) is 9.13. The molecule has 0 unspecified atom stereocenters. The SMILES string of the molecule is O=C(O)CNc1cc(Nc2ccc(Br)cc2)ncn1. The second kappa shape index (κ2) is 6.14. The molecule has 0 saturated heterocycles. The van der Waals surface area contributed by atoms with Crippen molar-refractivity contribution in [2.24, 2.45) is 0 Å². The van der Waals surface area contributed by atoms with Crippen molar-refractivity contribution in [2.75, 3.05) is 17.2 Å². The minimum Gasteiger partial charge on any atom is -0.480 e. The van der Waals surface area contributed by atoms with E-state index in [2.05, 4.69) is 36.5 Å². The van der Waals surface area contributed by atoms with Gasteiger partial charge in [-0.25, -0.2) is 9.97 Å². The highest BCUT2D eigenvalue weighted by atomic mass is 79.9. The molecule has 0 saturated carbocycles. The predicted octanol–water partition coefficient (Wildman–Crippen LogP) is 2.48. The molecule has 1 aromatic heterocycles.